The lowest BCUT2D eigenvalue weighted by molar-refractivity contribution is 0.458. The topological polar surface area (TPSA) is 52.8 Å². The van der Waals surface area contributed by atoms with Gasteiger partial charge in [0.25, 0.3) is 0 Å². The third-order valence-electron chi connectivity index (χ3n) is 2.99. The molecule has 0 saturated carbocycles. The maximum absolute atomic E-state index is 5.78. The van der Waals surface area contributed by atoms with Gasteiger partial charge in [0.05, 0.1) is 5.69 Å². The molecule has 5 heteroatoms. The highest BCUT2D eigenvalue weighted by atomic mass is 16.5. The zero-order valence-electron chi connectivity index (χ0n) is 12.2. The van der Waals surface area contributed by atoms with Crippen molar-refractivity contribution in [2.24, 2.45) is 0 Å². The molecule has 0 spiro atoms. The molecule has 0 atom stereocenters. The molecule has 0 saturated heterocycles. The fourth-order valence-electron chi connectivity index (χ4n) is 2.16. The van der Waals surface area contributed by atoms with E-state index in [1.807, 2.05) is 57.2 Å². The number of rotatable bonds is 3. The second kappa shape index (κ2) is 5.36. The molecule has 106 valence electrons. The summed E-state index contributed by atoms with van der Waals surface area (Å²) in [5.74, 6) is 2.61. The molecule has 5 nitrogen and oxygen atoms in total. The number of hydrogen-bond donors (Lipinski definition) is 0. The minimum atomic E-state index is 0.510. The van der Waals surface area contributed by atoms with E-state index in [1.165, 1.54) is 0 Å². The van der Waals surface area contributed by atoms with E-state index in [1.54, 1.807) is 10.7 Å². The number of ether oxygens (including phenoxy) is 1. The van der Waals surface area contributed by atoms with E-state index in [4.69, 9.17) is 4.74 Å². The summed E-state index contributed by atoms with van der Waals surface area (Å²) in [7, 11) is 0. The summed E-state index contributed by atoms with van der Waals surface area (Å²) in [6, 6.07) is 13.4. The molecule has 0 bridgehead atoms. The summed E-state index contributed by atoms with van der Waals surface area (Å²) in [6.45, 7) is 5.79. The van der Waals surface area contributed by atoms with Crippen LogP contribution in [0, 0.1) is 20.8 Å². The maximum Gasteiger partial charge on any atom is 0.224 e. The van der Waals surface area contributed by atoms with Crippen molar-refractivity contribution in [3.05, 3.63) is 59.7 Å². The summed E-state index contributed by atoms with van der Waals surface area (Å²) >= 11 is 0. The minimum Gasteiger partial charge on any atom is -0.439 e. The van der Waals surface area contributed by atoms with Gasteiger partial charge in [-0.25, -0.2) is 9.67 Å². The average Bonchev–Trinajstić information content (AvgIpc) is 2.78. The van der Waals surface area contributed by atoms with Gasteiger partial charge in [0, 0.05) is 11.8 Å². The lowest BCUT2D eigenvalue weighted by Crippen LogP contribution is -2.05. The molecule has 0 aliphatic carbocycles. The summed E-state index contributed by atoms with van der Waals surface area (Å²) in [5.41, 5.74) is 1.98. The van der Waals surface area contributed by atoms with Crippen LogP contribution in [0.1, 0.15) is 17.2 Å². The molecule has 0 radical (unpaired) electrons. The van der Waals surface area contributed by atoms with Crippen LogP contribution in [0.3, 0.4) is 0 Å². The predicted molar refractivity (Wildman–Crippen MR) is 79.9 cm³/mol. The van der Waals surface area contributed by atoms with E-state index < -0.39 is 0 Å². The van der Waals surface area contributed by atoms with Crippen LogP contribution in [0.2, 0.25) is 0 Å². The Labute approximate surface area is 123 Å². The van der Waals surface area contributed by atoms with Crippen LogP contribution in [0.25, 0.3) is 5.82 Å². The standard InChI is InChI=1S/C16H16N4O/c1-11-9-12(2)20(19-11)15-10-16(18-13(3)17-15)21-14-7-5-4-6-8-14/h4-10H,1-3H3. The normalized spacial score (nSPS) is 10.6. The molecule has 2 heterocycles. The van der Waals surface area contributed by atoms with E-state index in [2.05, 4.69) is 15.1 Å². The van der Waals surface area contributed by atoms with Crippen molar-refractivity contribution in [2.45, 2.75) is 20.8 Å². The van der Waals surface area contributed by atoms with Crippen LogP contribution in [-0.2, 0) is 0 Å². The lowest BCUT2D eigenvalue weighted by Gasteiger charge is -2.08. The number of nitrogens with zero attached hydrogens (tertiary/aromatic N) is 4. The van der Waals surface area contributed by atoms with Gasteiger partial charge in [0.2, 0.25) is 5.88 Å². The molecule has 0 unspecified atom stereocenters. The Kier molecular flexibility index (Phi) is 3.39. The number of hydrogen-bond acceptors (Lipinski definition) is 4. The van der Waals surface area contributed by atoms with E-state index in [0.717, 1.165) is 17.1 Å². The van der Waals surface area contributed by atoms with E-state index in [0.29, 0.717) is 17.5 Å². The number of para-hydroxylation sites is 1. The summed E-state index contributed by atoms with van der Waals surface area (Å²) in [5, 5.41) is 4.44. The predicted octanol–water partition coefficient (Wildman–Crippen LogP) is 3.38. The van der Waals surface area contributed by atoms with Gasteiger partial charge in [-0.1, -0.05) is 18.2 Å². The van der Waals surface area contributed by atoms with Gasteiger partial charge in [-0.2, -0.15) is 10.1 Å². The maximum atomic E-state index is 5.78. The summed E-state index contributed by atoms with van der Waals surface area (Å²) in [6.07, 6.45) is 0. The first-order chi connectivity index (χ1) is 10.1. The molecule has 21 heavy (non-hydrogen) atoms. The first-order valence-electron chi connectivity index (χ1n) is 6.74. The monoisotopic (exact) mass is 280 g/mol. The van der Waals surface area contributed by atoms with Crippen molar-refractivity contribution in [1.29, 1.82) is 0 Å². The zero-order chi connectivity index (χ0) is 14.8. The molecule has 0 amide bonds. The smallest absolute Gasteiger partial charge is 0.224 e. The zero-order valence-corrected chi connectivity index (χ0v) is 12.2. The van der Waals surface area contributed by atoms with E-state index in [9.17, 15) is 0 Å². The second-order valence-electron chi connectivity index (χ2n) is 4.87. The molecular weight excluding hydrogens is 264 g/mol. The Morgan fingerprint density at radius 3 is 2.38 bits per heavy atom. The molecular formula is C16H16N4O. The van der Waals surface area contributed by atoms with Crippen molar-refractivity contribution in [3.63, 3.8) is 0 Å². The molecule has 3 aromatic rings. The molecule has 0 fully saturated rings. The minimum absolute atomic E-state index is 0.510. The lowest BCUT2D eigenvalue weighted by atomic mass is 10.3. The highest BCUT2D eigenvalue weighted by molar-refractivity contribution is 5.33. The van der Waals surface area contributed by atoms with Crippen molar-refractivity contribution in [1.82, 2.24) is 19.7 Å². The Hall–Kier alpha value is -2.69. The van der Waals surface area contributed by atoms with Gasteiger partial charge in [-0.3, -0.25) is 0 Å². The van der Waals surface area contributed by atoms with Gasteiger partial charge < -0.3 is 4.74 Å². The van der Waals surface area contributed by atoms with Crippen LogP contribution in [0.4, 0.5) is 0 Å². The second-order valence-corrected chi connectivity index (χ2v) is 4.87. The fraction of sp³-hybridized carbons (Fsp3) is 0.188. The highest BCUT2D eigenvalue weighted by Gasteiger charge is 2.09. The van der Waals surface area contributed by atoms with E-state index >= 15 is 0 Å². The van der Waals surface area contributed by atoms with Gasteiger partial charge in [0.15, 0.2) is 5.82 Å². The first kappa shape index (κ1) is 13.3. The van der Waals surface area contributed by atoms with Crippen LogP contribution >= 0.6 is 0 Å². The Morgan fingerprint density at radius 1 is 0.952 bits per heavy atom. The van der Waals surface area contributed by atoms with Crippen molar-refractivity contribution < 1.29 is 4.74 Å². The largest absolute Gasteiger partial charge is 0.439 e. The van der Waals surface area contributed by atoms with Crippen LogP contribution in [0.15, 0.2) is 42.5 Å². The van der Waals surface area contributed by atoms with Crippen molar-refractivity contribution >= 4 is 0 Å². The molecule has 0 aliphatic rings. The highest BCUT2D eigenvalue weighted by Crippen LogP contribution is 2.21. The Bertz CT molecular complexity index is 765. The summed E-state index contributed by atoms with van der Waals surface area (Å²) in [4.78, 5) is 8.75. The Morgan fingerprint density at radius 2 is 1.71 bits per heavy atom. The number of benzene rings is 1. The number of aryl methyl sites for hydroxylation is 3. The molecule has 3 rings (SSSR count). The third kappa shape index (κ3) is 2.91. The first-order valence-corrected chi connectivity index (χ1v) is 6.74. The van der Waals surface area contributed by atoms with Gasteiger partial charge >= 0.3 is 0 Å². The summed E-state index contributed by atoms with van der Waals surface area (Å²) < 4.78 is 7.57. The van der Waals surface area contributed by atoms with Gasteiger partial charge in [0.1, 0.15) is 11.6 Å². The van der Waals surface area contributed by atoms with Gasteiger partial charge in [-0.05, 0) is 39.0 Å². The number of aromatic nitrogens is 4. The van der Waals surface area contributed by atoms with Crippen LogP contribution in [0.5, 0.6) is 11.6 Å². The Balaban J connectivity index is 1.98. The molecule has 0 N–H and O–H groups in total. The molecule has 2 aromatic heterocycles. The third-order valence-corrected chi connectivity index (χ3v) is 2.99. The van der Waals surface area contributed by atoms with Crippen molar-refractivity contribution in [2.75, 3.05) is 0 Å². The fourth-order valence-corrected chi connectivity index (χ4v) is 2.16. The average molecular weight is 280 g/mol. The van der Waals surface area contributed by atoms with Gasteiger partial charge in [-0.15, -0.1) is 0 Å². The van der Waals surface area contributed by atoms with Crippen LogP contribution < -0.4 is 4.74 Å². The molecule has 1 aromatic carbocycles. The van der Waals surface area contributed by atoms with E-state index in [-0.39, 0.29) is 0 Å². The molecule has 0 aliphatic heterocycles. The SMILES string of the molecule is Cc1cc(C)n(-c2cc(Oc3ccccc3)nc(C)n2)n1. The van der Waals surface area contributed by atoms with Crippen LogP contribution in [-0.4, -0.2) is 19.7 Å². The van der Waals surface area contributed by atoms with Crippen molar-refractivity contribution in [3.8, 4) is 17.4 Å². The quantitative estimate of drug-likeness (QED) is 0.738.